The van der Waals surface area contributed by atoms with Gasteiger partial charge in [0.25, 0.3) is 5.91 Å². The molecule has 35 heavy (non-hydrogen) atoms. The summed E-state index contributed by atoms with van der Waals surface area (Å²) in [7, 11) is 0. The van der Waals surface area contributed by atoms with Crippen LogP contribution in [0.15, 0.2) is 48.8 Å². The zero-order valence-corrected chi connectivity index (χ0v) is 20.4. The van der Waals surface area contributed by atoms with Crippen LogP contribution >= 0.6 is 24.8 Å². The second-order valence-electron chi connectivity index (χ2n) is 8.34. The lowest BCUT2D eigenvalue weighted by Crippen LogP contribution is -2.46. The van der Waals surface area contributed by atoms with Gasteiger partial charge in [0.1, 0.15) is 17.5 Å². The Morgan fingerprint density at radius 1 is 1.09 bits per heavy atom. The van der Waals surface area contributed by atoms with E-state index in [-0.39, 0.29) is 36.5 Å². The van der Waals surface area contributed by atoms with Crippen molar-refractivity contribution in [1.29, 1.82) is 0 Å². The summed E-state index contributed by atoms with van der Waals surface area (Å²) in [5.41, 5.74) is 11.5. The highest BCUT2D eigenvalue weighted by Crippen LogP contribution is 2.34. The van der Waals surface area contributed by atoms with Crippen LogP contribution in [0.4, 0.5) is 30.2 Å². The van der Waals surface area contributed by atoms with E-state index in [1.165, 1.54) is 18.3 Å². The SMILES string of the molecule is C[C@@H]1C[C@H](N)CN(c2ccncc2NC(=O)c2c(N)ccc(-c3c(F)cccc3F)c2F)C1.Cl.Cl. The standard InChI is InChI=1S/C24H24F3N5O.2ClH/c1-13-9-14(28)12-32(11-13)20-7-8-30-10-19(20)31-24(33)22-18(29)6-5-15(23(22)27)21-16(25)3-2-4-17(21)26;;/h2-8,10,13-14H,9,11-12,28-29H2,1H3,(H,31,33);2*1H/t13-,14+;;/m1../s1. The quantitative estimate of drug-likeness (QED) is 0.414. The number of amides is 1. The highest BCUT2D eigenvalue weighted by atomic mass is 35.5. The molecule has 0 aliphatic carbocycles. The molecule has 188 valence electrons. The van der Waals surface area contributed by atoms with Crippen molar-refractivity contribution < 1.29 is 18.0 Å². The molecular formula is C24H26Cl2F3N5O. The van der Waals surface area contributed by atoms with Crippen molar-refractivity contribution in [3.8, 4) is 11.1 Å². The molecule has 6 nitrogen and oxygen atoms in total. The summed E-state index contributed by atoms with van der Waals surface area (Å²) in [5, 5.41) is 2.65. The number of benzene rings is 2. The van der Waals surface area contributed by atoms with E-state index < -0.39 is 40.0 Å². The molecule has 4 rings (SSSR count). The largest absolute Gasteiger partial charge is 0.398 e. The minimum Gasteiger partial charge on any atom is -0.398 e. The van der Waals surface area contributed by atoms with Crippen LogP contribution in [0.1, 0.15) is 23.7 Å². The molecule has 5 N–H and O–H groups in total. The normalized spacial score (nSPS) is 17.2. The maximum Gasteiger partial charge on any atom is 0.260 e. The van der Waals surface area contributed by atoms with Gasteiger partial charge in [0, 0.05) is 36.6 Å². The minimum absolute atomic E-state index is 0. The van der Waals surface area contributed by atoms with Crippen LogP contribution in [0.25, 0.3) is 11.1 Å². The van der Waals surface area contributed by atoms with Gasteiger partial charge in [-0.3, -0.25) is 9.78 Å². The number of nitrogens with two attached hydrogens (primary N) is 2. The lowest BCUT2D eigenvalue weighted by atomic mass is 9.96. The Morgan fingerprint density at radius 2 is 1.77 bits per heavy atom. The monoisotopic (exact) mass is 527 g/mol. The van der Waals surface area contributed by atoms with E-state index in [1.807, 2.05) is 4.90 Å². The third kappa shape index (κ3) is 5.80. The first-order chi connectivity index (χ1) is 15.8. The van der Waals surface area contributed by atoms with Crippen molar-refractivity contribution in [2.75, 3.05) is 29.0 Å². The second kappa shape index (κ2) is 11.6. The summed E-state index contributed by atoms with van der Waals surface area (Å²) < 4.78 is 43.9. The summed E-state index contributed by atoms with van der Waals surface area (Å²) in [6.45, 7) is 3.42. The summed E-state index contributed by atoms with van der Waals surface area (Å²) in [6.07, 6.45) is 3.93. The third-order valence-electron chi connectivity index (χ3n) is 5.71. The van der Waals surface area contributed by atoms with Crippen molar-refractivity contribution >= 4 is 47.8 Å². The number of pyridine rings is 1. The number of halogens is 5. The lowest BCUT2D eigenvalue weighted by Gasteiger charge is -2.37. The molecular weight excluding hydrogens is 502 g/mol. The average molecular weight is 528 g/mol. The topological polar surface area (TPSA) is 97.3 Å². The number of hydrogen-bond acceptors (Lipinski definition) is 5. The van der Waals surface area contributed by atoms with Gasteiger partial charge < -0.3 is 21.7 Å². The number of carbonyl (C=O) groups is 1. The van der Waals surface area contributed by atoms with Crippen LogP contribution in [0.3, 0.4) is 0 Å². The fourth-order valence-electron chi connectivity index (χ4n) is 4.31. The Morgan fingerprint density at radius 3 is 2.43 bits per heavy atom. The lowest BCUT2D eigenvalue weighted by molar-refractivity contribution is 0.102. The molecule has 0 spiro atoms. The fraction of sp³-hybridized carbons (Fsp3) is 0.250. The van der Waals surface area contributed by atoms with E-state index in [4.69, 9.17) is 11.5 Å². The number of aromatic nitrogens is 1. The number of rotatable bonds is 4. The molecule has 0 bridgehead atoms. The first-order valence-corrected chi connectivity index (χ1v) is 10.5. The Balaban J connectivity index is 0.00000216. The van der Waals surface area contributed by atoms with E-state index in [0.29, 0.717) is 23.8 Å². The predicted octanol–water partition coefficient (Wildman–Crippen LogP) is 5.02. The van der Waals surface area contributed by atoms with Gasteiger partial charge in [-0.15, -0.1) is 24.8 Å². The van der Waals surface area contributed by atoms with Gasteiger partial charge in [0.05, 0.1) is 28.7 Å². The average Bonchev–Trinajstić information content (AvgIpc) is 2.75. The van der Waals surface area contributed by atoms with E-state index in [1.54, 1.807) is 12.3 Å². The number of nitrogens with zero attached hydrogens (tertiary/aromatic N) is 2. The van der Waals surface area contributed by atoms with E-state index in [2.05, 4.69) is 17.2 Å². The first-order valence-electron chi connectivity index (χ1n) is 10.5. The third-order valence-corrected chi connectivity index (χ3v) is 5.71. The van der Waals surface area contributed by atoms with Gasteiger partial charge >= 0.3 is 0 Å². The van der Waals surface area contributed by atoms with Gasteiger partial charge in [-0.1, -0.05) is 13.0 Å². The Labute approximate surface area is 213 Å². The fourth-order valence-corrected chi connectivity index (χ4v) is 4.31. The molecule has 0 radical (unpaired) electrons. The summed E-state index contributed by atoms with van der Waals surface area (Å²) in [6, 6.07) is 7.31. The van der Waals surface area contributed by atoms with E-state index >= 15 is 4.39 Å². The van der Waals surface area contributed by atoms with Crippen molar-refractivity contribution in [1.82, 2.24) is 4.98 Å². The van der Waals surface area contributed by atoms with Gasteiger partial charge in [-0.05, 0) is 42.7 Å². The van der Waals surface area contributed by atoms with Crippen molar-refractivity contribution in [2.45, 2.75) is 19.4 Å². The molecule has 0 unspecified atom stereocenters. The number of hydrogen-bond donors (Lipinski definition) is 3. The molecule has 1 saturated heterocycles. The number of carbonyl (C=O) groups excluding carboxylic acids is 1. The van der Waals surface area contributed by atoms with Crippen LogP contribution in [0, 0.1) is 23.4 Å². The van der Waals surface area contributed by atoms with Gasteiger partial charge in [0.2, 0.25) is 0 Å². The molecule has 11 heteroatoms. The maximum atomic E-state index is 15.4. The van der Waals surface area contributed by atoms with Crippen LogP contribution in [-0.4, -0.2) is 30.0 Å². The number of nitrogen functional groups attached to an aromatic ring is 1. The molecule has 1 fully saturated rings. The molecule has 0 saturated carbocycles. The zero-order chi connectivity index (χ0) is 23.7. The van der Waals surface area contributed by atoms with Gasteiger partial charge in [-0.25, -0.2) is 13.2 Å². The highest BCUT2D eigenvalue weighted by Gasteiger charge is 2.27. The predicted molar refractivity (Wildman–Crippen MR) is 137 cm³/mol. The van der Waals surface area contributed by atoms with Crippen LogP contribution < -0.4 is 21.7 Å². The smallest absolute Gasteiger partial charge is 0.260 e. The highest BCUT2D eigenvalue weighted by molar-refractivity contribution is 6.10. The zero-order valence-electron chi connectivity index (χ0n) is 18.8. The summed E-state index contributed by atoms with van der Waals surface area (Å²) in [4.78, 5) is 19.2. The number of piperidine rings is 1. The first kappa shape index (κ1) is 28.2. The van der Waals surface area contributed by atoms with Gasteiger partial charge in [0.15, 0.2) is 0 Å². The summed E-state index contributed by atoms with van der Waals surface area (Å²) >= 11 is 0. The number of nitrogens with one attached hydrogen (secondary N) is 1. The molecule has 1 amide bonds. The van der Waals surface area contributed by atoms with Crippen molar-refractivity contribution in [3.63, 3.8) is 0 Å². The van der Waals surface area contributed by atoms with Crippen molar-refractivity contribution in [3.05, 3.63) is 71.8 Å². The Hall–Kier alpha value is -3.01. The van der Waals surface area contributed by atoms with Gasteiger partial charge in [-0.2, -0.15) is 0 Å². The van der Waals surface area contributed by atoms with Crippen LogP contribution in [0.2, 0.25) is 0 Å². The Bertz CT molecular complexity index is 1180. The molecule has 1 aromatic heterocycles. The van der Waals surface area contributed by atoms with E-state index in [0.717, 1.165) is 31.2 Å². The molecule has 1 aliphatic rings. The summed E-state index contributed by atoms with van der Waals surface area (Å²) in [5.74, 6) is -3.51. The molecule has 2 heterocycles. The molecule has 2 atom stereocenters. The molecule has 1 aliphatic heterocycles. The van der Waals surface area contributed by atoms with E-state index in [9.17, 15) is 13.6 Å². The van der Waals surface area contributed by atoms with Crippen LogP contribution in [-0.2, 0) is 0 Å². The minimum atomic E-state index is -1.12. The van der Waals surface area contributed by atoms with Crippen LogP contribution in [0.5, 0.6) is 0 Å². The maximum absolute atomic E-state index is 15.4. The number of anilines is 3. The van der Waals surface area contributed by atoms with Crippen molar-refractivity contribution in [2.24, 2.45) is 11.7 Å². The molecule has 2 aromatic carbocycles. The Kier molecular flexibility index (Phi) is 9.37. The second-order valence-corrected chi connectivity index (χ2v) is 8.34. The molecule has 3 aromatic rings.